The largest absolute Gasteiger partial charge is 0.497 e. The first-order valence-electron chi connectivity index (χ1n) is 8.41. The Hall–Kier alpha value is -2.36. The fraction of sp³-hybridized carbons (Fsp3) is 0.389. The maximum Gasteiger partial charge on any atom is 0.241 e. The van der Waals surface area contributed by atoms with Crippen LogP contribution < -0.4 is 14.8 Å². The van der Waals surface area contributed by atoms with Crippen molar-refractivity contribution in [2.45, 2.75) is 23.8 Å². The van der Waals surface area contributed by atoms with Crippen LogP contribution >= 0.6 is 0 Å². The molecule has 0 saturated heterocycles. The monoisotopic (exact) mass is 396 g/mol. The Morgan fingerprint density at radius 1 is 1.19 bits per heavy atom. The zero-order valence-corrected chi connectivity index (χ0v) is 16.1. The second kappa shape index (κ2) is 10.1. The van der Waals surface area contributed by atoms with Gasteiger partial charge in [-0.05, 0) is 42.8 Å². The van der Waals surface area contributed by atoms with E-state index < -0.39 is 16.1 Å². The molecule has 2 aromatic rings. The van der Waals surface area contributed by atoms with E-state index >= 15 is 0 Å². The van der Waals surface area contributed by atoms with Gasteiger partial charge in [0.15, 0.2) is 0 Å². The summed E-state index contributed by atoms with van der Waals surface area (Å²) in [6.45, 7) is 0.981. The smallest absolute Gasteiger partial charge is 0.241 e. The molecule has 0 aliphatic rings. The highest BCUT2D eigenvalue weighted by atomic mass is 32.2. The van der Waals surface area contributed by atoms with Gasteiger partial charge >= 0.3 is 0 Å². The quantitative estimate of drug-likeness (QED) is 0.562. The number of hydrogen-bond donors (Lipinski definition) is 2. The highest BCUT2D eigenvalue weighted by Gasteiger charge is 2.25. The third-order valence-corrected chi connectivity index (χ3v) is 5.28. The van der Waals surface area contributed by atoms with Crippen molar-refractivity contribution in [1.82, 2.24) is 10.0 Å². The average Bonchev–Trinajstić information content (AvgIpc) is 3.19. The standard InChI is InChI=1S/C18H24N2O6S/c1-24-11-4-10-19-18(21)13-16(17-5-3-12-26-17)20-27(22,23)15-8-6-14(25-2)7-9-15/h3,5-9,12,16,20H,4,10-11,13H2,1-2H3,(H,19,21)/t16-/m0/s1. The number of sulfonamides is 1. The predicted octanol–water partition coefficient (Wildman–Crippen LogP) is 1.85. The highest BCUT2D eigenvalue weighted by Crippen LogP contribution is 2.22. The number of methoxy groups -OCH3 is 2. The molecule has 9 heteroatoms. The Morgan fingerprint density at radius 3 is 2.52 bits per heavy atom. The second-order valence-corrected chi connectivity index (χ2v) is 7.48. The van der Waals surface area contributed by atoms with Gasteiger partial charge in [0.2, 0.25) is 15.9 Å². The van der Waals surface area contributed by atoms with Crippen molar-refractivity contribution < 1.29 is 27.1 Å². The fourth-order valence-corrected chi connectivity index (χ4v) is 3.61. The normalized spacial score (nSPS) is 12.5. The Morgan fingerprint density at radius 2 is 1.93 bits per heavy atom. The number of amides is 1. The average molecular weight is 396 g/mol. The van der Waals surface area contributed by atoms with E-state index in [1.807, 2.05) is 0 Å². The highest BCUT2D eigenvalue weighted by molar-refractivity contribution is 7.89. The third-order valence-electron chi connectivity index (χ3n) is 3.79. The third kappa shape index (κ3) is 6.38. The van der Waals surface area contributed by atoms with Crippen molar-refractivity contribution in [3.8, 4) is 5.75 Å². The first kappa shape index (κ1) is 20.9. The van der Waals surface area contributed by atoms with Gasteiger partial charge in [0.05, 0.1) is 30.7 Å². The van der Waals surface area contributed by atoms with Crippen LogP contribution in [0.5, 0.6) is 5.75 Å². The number of carbonyl (C=O) groups is 1. The first-order chi connectivity index (χ1) is 13.0. The molecule has 27 heavy (non-hydrogen) atoms. The molecule has 0 fully saturated rings. The molecule has 1 aromatic carbocycles. The minimum absolute atomic E-state index is 0.0698. The molecular formula is C18H24N2O6S. The summed E-state index contributed by atoms with van der Waals surface area (Å²) in [5.74, 6) is 0.621. The number of rotatable bonds is 11. The van der Waals surface area contributed by atoms with E-state index in [2.05, 4.69) is 10.0 Å². The lowest BCUT2D eigenvalue weighted by molar-refractivity contribution is -0.121. The van der Waals surface area contributed by atoms with Gasteiger partial charge in [-0.1, -0.05) is 0 Å². The molecule has 8 nitrogen and oxygen atoms in total. The van der Waals surface area contributed by atoms with Gasteiger partial charge < -0.3 is 19.2 Å². The van der Waals surface area contributed by atoms with E-state index in [0.717, 1.165) is 0 Å². The molecule has 0 aliphatic heterocycles. The minimum Gasteiger partial charge on any atom is -0.497 e. The summed E-state index contributed by atoms with van der Waals surface area (Å²) >= 11 is 0. The van der Waals surface area contributed by atoms with Crippen molar-refractivity contribution in [3.63, 3.8) is 0 Å². The van der Waals surface area contributed by atoms with E-state index in [1.165, 1.54) is 25.5 Å². The molecule has 1 atom stereocenters. The Balaban J connectivity index is 2.08. The summed E-state index contributed by atoms with van der Waals surface area (Å²) in [6.07, 6.45) is 2.02. The topological polar surface area (TPSA) is 107 Å². The maximum atomic E-state index is 12.7. The SMILES string of the molecule is COCCCNC(=O)C[C@H](NS(=O)(=O)c1ccc(OC)cc1)c1ccco1. The summed E-state index contributed by atoms with van der Waals surface area (Å²) in [5.41, 5.74) is 0. The number of nitrogens with one attached hydrogen (secondary N) is 2. The van der Waals surface area contributed by atoms with Crippen molar-refractivity contribution in [2.75, 3.05) is 27.4 Å². The summed E-state index contributed by atoms with van der Waals surface area (Å²) < 4.78 is 43.2. The number of benzene rings is 1. The van der Waals surface area contributed by atoms with Gasteiger partial charge in [0.1, 0.15) is 11.5 Å². The van der Waals surface area contributed by atoms with E-state index in [-0.39, 0.29) is 17.2 Å². The predicted molar refractivity (Wildman–Crippen MR) is 98.9 cm³/mol. The van der Waals surface area contributed by atoms with E-state index in [9.17, 15) is 13.2 Å². The number of hydrogen-bond acceptors (Lipinski definition) is 6. The minimum atomic E-state index is -3.85. The maximum absolute atomic E-state index is 12.7. The van der Waals surface area contributed by atoms with Gasteiger partial charge in [-0.2, -0.15) is 4.72 Å². The first-order valence-corrected chi connectivity index (χ1v) is 9.90. The molecule has 2 rings (SSSR count). The van der Waals surface area contributed by atoms with Crippen LogP contribution in [0, 0.1) is 0 Å². The van der Waals surface area contributed by atoms with Gasteiger partial charge in [0.25, 0.3) is 0 Å². The molecule has 148 valence electrons. The van der Waals surface area contributed by atoms with Crippen molar-refractivity contribution in [2.24, 2.45) is 0 Å². The summed E-state index contributed by atoms with van der Waals surface area (Å²) in [7, 11) is -0.765. The van der Waals surface area contributed by atoms with E-state index in [4.69, 9.17) is 13.9 Å². The number of carbonyl (C=O) groups excluding carboxylic acids is 1. The molecule has 2 N–H and O–H groups in total. The lowest BCUT2D eigenvalue weighted by Crippen LogP contribution is -2.34. The van der Waals surface area contributed by atoms with E-state index in [1.54, 1.807) is 31.4 Å². The molecule has 0 bridgehead atoms. The Bertz CT molecular complexity index is 803. The van der Waals surface area contributed by atoms with Crippen LogP contribution in [0.3, 0.4) is 0 Å². The summed E-state index contributed by atoms with van der Waals surface area (Å²) in [6, 6.07) is 8.42. The zero-order valence-electron chi connectivity index (χ0n) is 15.3. The Labute approximate surface area is 158 Å². The van der Waals surface area contributed by atoms with Crippen molar-refractivity contribution in [3.05, 3.63) is 48.4 Å². The van der Waals surface area contributed by atoms with Crippen molar-refractivity contribution in [1.29, 1.82) is 0 Å². The number of furan rings is 1. The molecule has 0 spiro atoms. The summed E-state index contributed by atoms with van der Waals surface area (Å²) in [5, 5.41) is 2.74. The van der Waals surface area contributed by atoms with Crippen LogP contribution in [-0.4, -0.2) is 41.7 Å². The van der Waals surface area contributed by atoms with Gasteiger partial charge in [-0.15, -0.1) is 0 Å². The molecule has 0 radical (unpaired) electrons. The molecule has 1 heterocycles. The molecule has 1 aromatic heterocycles. The van der Waals surface area contributed by atoms with Crippen LogP contribution in [0.2, 0.25) is 0 Å². The zero-order chi connectivity index (χ0) is 19.7. The molecule has 0 unspecified atom stereocenters. The fourth-order valence-electron chi connectivity index (χ4n) is 2.40. The van der Waals surface area contributed by atoms with Crippen molar-refractivity contribution >= 4 is 15.9 Å². The van der Waals surface area contributed by atoms with Crippen LogP contribution in [0.1, 0.15) is 24.6 Å². The number of ether oxygens (including phenoxy) is 2. The second-order valence-electron chi connectivity index (χ2n) is 5.77. The van der Waals surface area contributed by atoms with Crippen LogP contribution in [0.15, 0.2) is 52.0 Å². The molecule has 1 amide bonds. The molecular weight excluding hydrogens is 372 g/mol. The lowest BCUT2D eigenvalue weighted by atomic mass is 10.1. The van der Waals surface area contributed by atoms with Gasteiger partial charge in [-0.25, -0.2) is 8.42 Å². The van der Waals surface area contributed by atoms with E-state index in [0.29, 0.717) is 31.1 Å². The summed E-state index contributed by atoms with van der Waals surface area (Å²) in [4.78, 5) is 12.2. The van der Waals surface area contributed by atoms with Gasteiger partial charge in [-0.3, -0.25) is 4.79 Å². The van der Waals surface area contributed by atoms with Gasteiger partial charge in [0, 0.05) is 20.3 Å². The van der Waals surface area contributed by atoms with Crippen LogP contribution in [0.25, 0.3) is 0 Å². The van der Waals surface area contributed by atoms with Crippen LogP contribution in [0.4, 0.5) is 0 Å². The molecule has 0 saturated carbocycles. The Kier molecular flexibility index (Phi) is 7.83. The van der Waals surface area contributed by atoms with Crippen LogP contribution in [-0.2, 0) is 19.6 Å². The lowest BCUT2D eigenvalue weighted by Gasteiger charge is -2.17. The molecule has 0 aliphatic carbocycles.